The van der Waals surface area contributed by atoms with Crippen LogP contribution in [0.2, 0.25) is 0 Å². The summed E-state index contributed by atoms with van der Waals surface area (Å²) in [6.45, 7) is 0. The molecular formula is C23H25NO5S. The van der Waals surface area contributed by atoms with Crippen molar-refractivity contribution in [3.05, 3.63) is 65.4 Å². The number of benzene rings is 2. The third kappa shape index (κ3) is 4.42. The van der Waals surface area contributed by atoms with Crippen LogP contribution in [0.3, 0.4) is 0 Å². The Morgan fingerprint density at radius 2 is 1.87 bits per heavy atom. The second-order valence-electron chi connectivity index (χ2n) is 7.76. The summed E-state index contributed by atoms with van der Waals surface area (Å²) in [5.74, 6) is -0.246. The summed E-state index contributed by atoms with van der Waals surface area (Å²) in [4.78, 5) is 11.7. The van der Waals surface area contributed by atoms with Crippen molar-refractivity contribution in [3.8, 4) is 0 Å². The SMILES string of the molecule is O=C(O)[C@@H](CCCc1ccccc1)NS(=O)(=O)c1ccc2c3c(oc2c1)CCCC3. The molecule has 0 radical (unpaired) electrons. The average molecular weight is 428 g/mol. The largest absolute Gasteiger partial charge is 0.480 e. The molecule has 0 fully saturated rings. The molecule has 30 heavy (non-hydrogen) atoms. The van der Waals surface area contributed by atoms with Crippen molar-refractivity contribution in [2.75, 3.05) is 0 Å². The van der Waals surface area contributed by atoms with Crippen LogP contribution in [0, 0.1) is 0 Å². The van der Waals surface area contributed by atoms with Crippen LogP contribution in [0.15, 0.2) is 57.8 Å². The lowest BCUT2D eigenvalue weighted by Gasteiger charge is -2.15. The molecule has 1 heterocycles. The van der Waals surface area contributed by atoms with Gasteiger partial charge in [-0.05, 0) is 56.2 Å². The van der Waals surface area contributed by atoms with Crippen LogP contribution in [0.5, 0.6) is 0 Å². The molecule has 0 saturated heterocycles. The number of carbonyl (C=O) groups is 1. The van der Waals surface area contributed by atoms with Gasteiger partial charge in [-0.25, -0.2) is 8.42 Å². The number of carboxylic acid groups (broad SMARTS) is 1. The summed E-state index contributed by atoms with van der Waals surface area (Å²) >= 11 is 0. The number of aliphatic carboxylic acids is 1. The van der Waals surface area contributed by atoms with Gasteiger partial charge in [-0.3, -0.25) is 4.79 Å². The van der Waals surface area contributed by atoms with E-state index in [0.717, 1.165) is 48.0 Å². The molecule has 158 valence electrons. The van der Waals surface area contributed by atoms with Crippen molar-refractivity contribution in [1.82, 2.24) is 4.72 Å². The van der Waals surface area contributed by atoms with Gasteiger partial charge in [-0.15, -0.1) is 0 Å². The van der Waals surface area contributed by atoms with Crippen molar-refractivity contribution < 1.29 is 22.7 Å². The summed E-state index contributed by atoms with van der Waals surface area (Å²) in [7, 11) is -3.98. The predicted octanol–water partition coefficient (Wildman–Crippen LogP) is 4.07. The van der Waals surface area contributed by atoms with E-state index in [9.17, 15) is 18.3 Å². The predicted molar refractivity (Wildman–Crippen MR) is 114 cm³/mol. The number of rotatable bonds is 8. The number of fused-ring (bicyclic) bond motifs is 3. The van der Waals surface area contributed by atoms with Gasteiger partial charge in [0.2, 0.25) is 10.0 Å². The van der Waals surface area contributed by atoms with Crippen molar-refractivity contribution in [2.24, 2.45) is 0 Å². The van der Waals surface area contributed by atoms with Gasteiger partial charge in [0.25, 0.3) is 0 Å². The molecule has 2 aromatic carbocycles. The lowest BCUT2D eigenvalue weighted by atomic mass is 9.96. The highest BCUT2D eigenvalue weighted by Crippen LogP contribution is 2.33. The van der Waals surface area contributed by atoms with E-state index >= 15 is 0 Å². The fourth-order valence-electron chi connectivity index (χ4n) is 4.05. The zero-order valence-corrected chi connectivity index (χ0v) is 17.5. The molecule has 0 bridgehead atoms. The summed E-state index contributed by atoms with van der Waals surface area (Å²) in [6.07, 6.45) is 5.45. The Kier molecular flexibility index (Phi) is 5.92. The Hall–Kier alpha value is -2.64. The van der Waals surface area contributed by atoms with Crippen molar-refractivity contribution in [2.45, 2.75) is 55.9 Å². The van der Waals surface area contributed by atoms with E-state index in [2.05, 4.69) is 4.72 Å². The number of aryl methyl sites for hydroxylation is 3. The number of hydrogen-bond acceptors (Lipinski definition) is 4. The normalized spacial score (nSPS) is 15.1. The third-order valence-corrected chi connectivity index (χ3v) is 7.10. The number of sulfonamides is 1. The smallest absolute Gasteiger partial charge is 0.321 e. The molecule has 2 N–H and O–H groups in total. The molecule has 4 rings (SSSR count). The summed E-state index contributed by atoms with van der Waals surface area (Å²) in [5.41, 5.74) is 2.80. The van der Waals surface area contributed by atoms with Gasteiger partial charge < -0.3 is 9.52 Å². The molecule has 1 atom stereocenters. The summed E-state index contributed by atoms with van der Waals surface area (Å²) in [6, 6.07) is 13.3. The molecule has 0 amide bonds. The van der Waals surface area contributed by atoms with Crippen LogP contribution in [0.1, 0.15) is 42.6 Å². The van der Waals surface area contributed by atoms with Crippen molar-refractivity contribution >= 4 is 27.0 Å². The molecule has 3 aromatic rings. The van der Waals surface area contributed by atoms with Crippen LogP contribution in [0.4, 0.5) is 0 Å². The topological polar surface area (TPSA) is 96.6 Å². The fraction of sp³-hybridized carbons (Fsp3) is 0.348. The molecule has 1 aliphatic carbocycles. The Morgan fingerprint density at radius 1 is 1.10 bits per heavy atom. The first kappa shape index (κ1) is 20.6. The number of furan rings is 1. The van der Waals surface area contributed by atoms with Crippen LogP contribution in [-0.2, 0) is 34.1 Å². The summed E-state index contributed by atoms with van der Waals surface area (Å²) < 4.78 is 33.9. The molecule has 7 heteroatoms. The highest BCUT2D eigenvalue weighted by Gasteiger charge is 2.26. The Labute approximate surface area is 176 Å². The minimum absolute atomic E-state index is 0.0235. The van der Waals surface area contributed by atoms with Gasteiger partial charge in [0.05, 0.1) is 4.90 Å². The highest BCUT2D eigenvalue weighted by molar-refractivity contribution is 7.89. The standard InChI is InChI=1S/C23H25NO5S/c25-23(26)20(11-6-9-16-7-2-1-3-8-16)24-30(27,28)17-13-14-19-18-10-4-5-12-21(18)29-22(19)15-17/h1-3,7-8,13-15,20,24H,4-6,9-12H2,(H,25,26)/t20-/m1/s1. The number of carboxylic acids is 1. The van der Waals surface area contributed by atoms with Gasteiger partial charge in [0.15, 0.2) is 0 Å². The first-order chi connectivity index (χ1) is 14.4. The highest BCUT2D eigenvalue weighted by atomic mass is 32.2. The van der Waals surface area contributed by atoms with Crippen LogP contribution >= 0.6 is 0 Å². The maximum Gasteiger partial charge on any atom is 0.321 e. The van der Waals surface area contributed by atoms with Crippen LogP contribution < -0.4 is 4.72 Å². The third-order valence-electron chi connectivity index (χ3n) is 5.64. The molecule has 0 aliphatic heterocycles. The quantitative estimate of drug-likeness (QED) is 0.565. The first-order valence-corrected chi connectivity index (χ1v) is 11.8. The van der Waals surface area contributed by atoms with Gasteiger partial charge >= 0.3 is 5.97 Å². The van der Waals surface area contributed by atoms with E-state index < -0.39 is 22.0 Å². The van der Waals surface area contributed by atoms with Crippen molar-refractivity contribution in [3.63, 3.8) is 0 Å². The molecule has 6 nitrogen and oxygen atoms in total. The zero-order chi connectivity index (χ0) is 21.1. The van der Waals surface area contributed by atoms with Crippen molar-refractivity contribution in [1.29, 1.82) is 0 Å². The molecule has 0 spiro atoms. The van der Waals surface area contributed by atoms with E-state index in [1.54, 1.807) is 6.07 Å². The van der Waals surface area contributed by atoms with Gasteiger partial charge in [-0.2, -0.15) is 4.72 Å². The Morgan fingerprint density at radius 3 is 2.63 bits per heavy atom. The van der Waals surface area contributed by atoms with Gasteiger partial charge in [-0.1, -0.05) is 30.3 Å². The Bertz CT molecular complexity index is 1150. The Balaban J connectivity index is 1.49. The van der Waals surface area contributed by atoms with E-state index in [-0.39, 0.29) is 11.3 Å². The second kappa shape index (κ2) is 8.62. The van der Waals surface area contributed by atoms with E-state index in [1.165, 1.54) is 12.1 Å². The minimum Gasteiger partial charge on any atom is -0.480 e. The van der Waals surface area contributed by atoms with E-state index in [0.29, 0.717) is 18.4 Å². The maximum atomic E-state index is 12.9. The minimum atomic E-state index is -3.98. The average Bonchev–Trinajstić information content (AvgIpc) is 3.11. The number of hydrogen-bond donors (Lipinski definition) is 2. The van der Waals surface area contributed by atoms with Crippen LogP contribution in [-0.4, -0.2) is 25.5 Å². The monoisotopic (exact) mass is 427 g/mol. The molecule has 1 aliphatic rings. The molecular weight excluding hydrogens is 402 g/mol. The van der Waals surface area contributed by atoms with Gasteiger partial charge in [0.1, 0.15) is 17.4 Å². The fourth-order valence-corrected chi connectivity index (χ4v) is 5.29. The first-order valence-electron chi connectivity index (χ1n) is 10.3. The lowest BCUT2D eigenvalue weighted by Crippen LogP contribution is -2.40. The molecule has 1 aromatic heterocycles. The van der Waals surface area contributed by atoms with Crippen LogP contribution in [0.25, 0.3) is 11.0 Å². The summed E-state index contributed by atoms with van der Waals surface area (Å²) in [5, 5.41) is 10.5. The zero-order valence-electron chi connectivity index (χ0n) is 16.6. The maximum absolute atomic E-state index is 12.9. The van der Waals surface area contributed by atoms with Gasteiger partial charge in [0, 0.05) is 23.4 Å². The lowest BCUT2D eigenvalue weighted by molar-refractivity contribution is -0.139. The second-order valence-corrected chi connectivity index (χ2v) is 9.47. The van der Waals surface area contributed by atoms with E-state index in [4.69, 9.17) is 4.42 Å². The van der Waals surface area contributed by atoms with E-state index in [1.807, 2.05) is 30.3 Å². The number of nitrogens with one attached hydrogen (secondary N) is 1. The molecule has 0 unspecified atom stereocenters. The molecule has 0 saturated carbocycles.